The molecule has 3 N–H and O–H groups in total. The normalized spacial score (nSPS) is 20.8. The Labute approximate surface area is 196 Å². The van der Waals surface area contributed by atoms with Crippen LogP contribution >= 0.6 is 24.0 Å². The highest BCUT2D eigenvalue weighted by Gasteiger charge is 2.32. The van der Waals surface area contributed by atoms with Crippen molar-refractivity contribution in [3.8, 4) is 0 Å². The third kappa shape index (κ3) is 11.9. The van der Waals surface area contributed by atoms with Crippen molar-refractivity contribution in [2.45, 2.75) is 57.7 Å². The van der Waals surface area contributed by atoms with Gasteiger partial charge in [0.05, 0.1) is 12.6 Å². The summed E-state index contributed by atoms with van der Waals surface area (Å²) in [5.74, 6) is 1.29. The molecule has 0 spiro atoms. The van der Waals surface area contributed by atoms with Gasteiger partial charge in [-0.3, -0.25) is 9.89 Å². The van der Waals surface area contributed by atoms with Crippen LogP contribution in [-0.4, -0.2) is 92.0 Å². The van der Waals surface area contributed by atoms with Gasteiger partial charge in [0, 0.05) is 32.7 Å². The van der Waals surface area contributed by atoms with Gasteiger partial charge in [-0.15, -0.1) is 24.0 Å². The molecular formula is C20H39F3IN5O. The lowest BCUT2D eigenvalue weighted by atomic mass is 9.93. The third-order valence-corrected chi connectivity index (χ3v) is 5.76. The zero-order valence-electron chi connectivity index (χ0n) is 18.1. The van der Waals surface area contributed by atoms with Crippen LogP contribution in [0.2, 0.25) is 0 Å². The number of aliphatic imine (C=N–C) groups is 1. The smallest absolute Gasteiger partial charge is 0.393 e. The van der Waals surface area contributed by atoms with Crippen molar-refractivity contribution < 1.29 is 18.3 Å². The average molecular weight is 549 g/mol. The minimum absolute atomic E-state index is 0. The van der Waals surface area contributed by atoms with Gasteiger partial charge in [-0.1, -0.05) is 0 Å². The number of piperidine rings is 2. The average Bonchev–Trinajstić information content (AvgIpc) is 2.67. The number of hydrogen-bond acceptors (Lipinski definition) is 4. The fraction of sp³-hybridized carbons (Fsp3) is 0.950. The molecule has 2 rings (SSSR count). The first-order valence-electron chi connectivity index (χ1n) is 11.1. The largest absolute Gasteiger partial charge is 0.401 e. The summed E-state index contributed by atoms with van der Waals surface area (Å²) in [4.78, 5) is 8.53. The van der Waals surface area contributed by atoms with Gasteiger partial charge in [-0.25, -0.2) is 0 Å². The Balaban J connectivity index is 0.00000450. The molecule has 0 amide bonds. The highest BCUT2D eigenvalue weighted by Crippen LogP contribution is 2.23. The number of hydrogen-bond donors (Lipinski definition) is 3. The molecule has 30 heavy (non-hydrogen) atoms. The quantitative estimate of drug-likeness (QED) is 0.179. The van der Waals surface area contributed by atoms with Crippen LogP contribution in [0.3, 0.4) is 0 Å². The van der Waals surface area contributed by atoms with Crippen molar-refractivity contribution in [3.63, 3.8) is 0 Å². The van der Waals surface area contributed by atoms with Crippen molar-refractivity contribution >= 4 is 29.9 Å². The Morgan fingerprint density at radius 1 is 1.03 bits per heavy atom. The van der Waals surface area contributed by atoms with Crippen molar-refractivity contribution in [3.05, 3.63) is 0 Å². The lowest BCUT2D eigenvalue weighted by Gasteiger charge is -2.32. The molecule has 0 aliphatic carbocycles. The highest BCUT2D eigenvalue weighted by atomic mass is 127. The molecule has 0 bridgehead atoms. The maximum absolute atomic E-state index is 12.5. The molecule has 0 unspecified atom stereocenters. The number of guanidine groups is 1. The zero-order chi connectivity index (χ0) is 21.1. The highest BCUT2D eigenvalue weighted by molar-refractivity contribution is 14.0. The topological polar surface area (TPSA) is 63.1 Å². The van der Waals surface area contributed by atoms with Crippen molar-refractivity contribution in [1.82, 2.24) is 20.4 Å². The van der Waals surface area contributed by atoms with E-state index >= 15 is 0 Å². The molecule has 0 saturated carbocycles. The lowest BCUT2D eigenvalue weighted by Crippen LogP contribution is -2.41. The number of nitrogens with one attached hydrogen (secondary N) is 2. The minimum Gasteiger partial charge on any atom is -0.393 e. The van der Waals surface area contributed by atoms with Gasteiger partial charge < -0.3 is 20.6 Å². The predicted molar refractivity (Wildman–Crippen MR) is 126 cm³/mol. The van der Waals surface area contributed by atoms with Gasteiger partial charge in [-0.2, -0.15) is 13.2 Å². The van der Waals surface area contributed by atoms with E-state index in [1.54, 1.807) is 0 Å². The molecule has 2 aliphatic rings. The van der Waals surface area contributed by atoms with E-state index in [9.17, 15) is 18.3 Å². The van der Waals surface area contributed by atoms with E-state index in [0.29, 0.717) is 19.0 Å². The van der Waals surface area contributed by atoms with Gasteiger partial charge in [0.15, 0.2) is 5.96 Å². The fourth-order valence-corrected chi connectivity index (χ4v) is 4.05. The fourth-order valence-electron chi connectivity index (χ4n) is 4.05. The molecular weight excluding hydrogens is 510 g/mol. The van der Waals surface area contributed by atoms with Crippen LogP contribution in [0.15, 0.2) is 4.99 Å². The van der Waals surface area contributed by atoms with Crippen LogP contribution < -0.4 is 10.6 Å². The monoisotopic (exact) mass is 549 g/mol. The minimum atomic E-state index is -4.10. The van der Waals surface area contributed by atoms with E-state index in [-0.39, 0.29) is 30.1 Å². The number of nitrogens with zero attached hydrogens (tertiary/aromatic N) is 3. The van der Waals surface area contributed by atoms with Crippen LogP contribution in [0.1, 0.15) is 45.4 Å². The summed E-state index contributed by atoms with van der Waals surface area (Å²) in [5.41, 5.74) is 0. The molecule has 0 aromatic carbocycles. The van der Waals surface area contributed by atoms with Gasteiger partial charge in [0.2, 0.25) is 0 Å². The van der Waals surface area contributed by atoms with Gasteiger partial charge in [0.1, 0.15) is 0 Å². The van der Waals surface area contributed by atoms with E-state index in [1.807, 2.05) is 6.92 Å². The molecule has 2 aliphatic heterocycles. The van der Waals surface area contributed by atoms with Gasteiger partial charge in [-0.05, 0) is 71.0 Å². The molecule has 10 heteroatoms. The van der Waals surface area contributed by atoms with Crippen LogP contribution in [-0.2, 0) is 0 Å². The standard InChI is InChI=1S/C20H38F3N5O.HI/c1-2-24-19(25-9-3-11-27-14-7-18(29)8-15-27)26-10-4-17-5-12-28(13-6-17)16-20(21,22)23;/h17-18,29H,2-16H2,1H3,(H2,24,25,26);1H. The van der Waals surface area contributed by atoms with Crippen LogP contribution in [0.25, 0.3) is 0 Å². The molecule has 0 radical (unpaired) electrons. The predicted octanol–water partition coefficient (Wildman–Crippen LogP) is 2.67. The van der Waals surface area contributed by atoms with Crippen LogP contribution in [0.4, 0.5) is 13.2 Å². The molecule has 0 atom stereocenters. The summed E-state index contributed by atoms with van der Waals surface area (Å²) in [6.07, 6.45) is 1.11. The second-order valence-electron chi connectivity index (χ2n) is 8.24. The van der Waals surface area contributed by atoms with Crippen molar-refractivity contribution in [2.24, 2.45) is 10.9 Å². The molecule has 178 valence electrons. The summed E-state index contributed by atoms with van der Waals surface area (Å²) < 4.78 is 37.4. The maximum Gasteiger partial charge on any atom is 0.401 e. The van der Waals surface area contributed by atoms with E-state index in [2.05, 4.69) is 20.5 Å². The molecule has 2 heterocycles. The molecule has 0 aromatic rings. The number of alkyl halides is 3. The van der Waals surface area contributed by atoms with Crippen LogP contribution in [0, 0.1) is 5.92 Å². The first-order valence-corrected chi connectivity index (χ1v) is 11.1. The summed E-state index contributed by atoms with van der Waals surface area (Å²) in [6.45, 7) is 7.59. The SMILES string of the molecule is CCNC(=NCCCN1CCC(O)CC1)NCCC1CCN(CC(F)(F)F)CC1.I. The number of aliphatic hydroxyl groups is 1. The first kappa shape index (κ1) is 27.7. The third-order valence-electron chi connectivity index (χ3n) is 5.76. The van der Waals surface area contributed by atoms with E-state index in [4.69, 9.17) is 0 Å². The molecule has 2 fully saturated rings. The lowest BCUT2D eigenvalue weighted by molar-refractivity contribution is -0.148. The summed E-state index contributed by atoms with van der Waals surface area (Å²) in [6, 6.07) is 0. The number of likely N-dealkylation sites (tertiary alicyclic amines) is 2. The van der Waals surface area contributed by atoms with Gasteiger partial charge >= 0.3 is 6.18 Å². The van der Waals surface area contributed by atoms with E-state index < -0.39 is 12.7 Å². The Morgan fingerprint density at radius 3 is 2.27 bits per heavy atom. The molecule has 6 nitrogen and oxygen atoms in total. The zero-order valence-corrected chi connectivity index (χ0v) is 20.4. The Bertz CT molecular complexity index is 480. The summed E-state index contributed by atoms with van der Waals surface area (Å²) in [7, 11) is 0. The van der Waals surface area contributed by atoms with Crippen molar-refractivity contribution in [2.75, 3.05) is 58.9 Å². The van der Waals surface area contributed by atoms with Crippen LogP contribution in [0.5, 0.6) is 0 Å². The molecule has 0 aromatic heterocycles. The van der Waals surface area contributed by atoms with E-state index in [0.717, 1.165) is 83.8 Å². The van der Waals surface area contributed by atoms with E-state index in [1.165, 1.54) is 4.90 Å². The van der Waals surface area contributed by atoms with Gasteiger partial charge in [0.25, 0.3) is 0 Å². The Morgan fingerprint density at radius 2 is 1.67 bits per heavy atom. The summed E-state index contributed by atoms with van der Waals surface area (Å²) >= 11 is 0. The molecule has 2 saturated heterocycles. The number of aliphatic hydroxyl groups excluding tert-OH is 1. The maximum atomic E-state index is 12.5. The first-order chi connectivity index (χ1) is 13.9. The second-order valence-corrected chi connectivity index (χ2v) is 8.24. The Kier molecular flexibility index (Phi) is 13.6. The Hall–Kier alpha value is -0.330. The second kappa shape index (κ2) is 14.7. The summed E-state index contributed by atoms with van der Waals surface area (Å²) in [5, 5.41) is 16.2. The van der Waals surface area contributed by atoms with Crippen molar-refractivity contribution in [1.29, 1.82) is 0 Å². The number of rotatable bonds is 9. The number of halogens is 4.